The number of fused-ring (bicyclic) bond motifs is 1. The Morgan fingerprint density at radius 1 is 1.33 bits per heavy atom. The number of nitrogens with one attached hydrogen (secondary N) is 1. The van der Waals surface area contributed by atoms with Crippen LogP contribution < -0.4 is 0 Å². The number of hydrogen-bond donors (Lipinski definition) is 1. The number of carbonyl (C=O) groups excluding carboxylic acids is 2. The molecule has 2 heterocycles. The number of para-hydroxylation sites is 1. The summed E-state index contributed by atoms with van der Waals surface area (Å²) in [5, 5.41) is 0. The van der Waals surface area contributed by atoms with Gasteiger partial charge in [-0.05, 0) is 37.8 Å². The van der Waals surface area contributed by atoms with Crippen molar-refractivity contribution in [1.29, 1.82) is 0 Å². The number of imidazole rings is 1. The minimum Gasteiger partial charge on any atom is -0.342 e. The second kappa shape index (κ2) is 7.16. The average molecular weight is 327 g/mol. The number of piperidine rings is 1. The summed E-state index contributed by atoms with van der Waals surface area (Å²) >= 11 is 0. The van der Waals surface area contributed by atoms with Crippen molar-refractivity contribution in [3.8, 4) is 0 Å². The minimum atomic E-state index is -0.214. The van der Waals surface area contributed by atoms with Crippen molar-refractivity contribution in [2.75, 3.05) is 6.54 Å². The van der Waals surface area contributed by atoms with Gasteiger partial charge in [0.25, 0.3) is 0 Å². The van der Waals surface area contributed by atoms with E-state index in [1.54, 1.807) is 4.90 Å². The number of H-pyrrole nitrogens is 1. The van der Waals surface area contributed by atoms with Gasteiger partial charge in [-0.25, -0.2) is 4.98 Å². The first-order valence-electron chi connectivity index (χ1n) is 8.86. The zero-order chi connectivity index (χ0) is 17.1. The maximum absolute atomic E-state index is 12.6. The fraction of sp³-hybridized carbons (Fsp3) is 0.526. The summed E-state index contributed by atoms with van der Waals surface area (Å²) in [7, 11) is 0. The highest BCUT2D eigenvalue weighted by molar-refractivity contribution is 5.89. The van der Waals surface area contributed by atoms with E-state index in [4.69, 9.17) is 0 Å². The van der Waals surface area contributed by atoms with Gasteiger partial charge in [-0.3, -0.25) is 9.59 Å². The predicted molar refractivity (Wildman–Crippen MR) is 93.8 cm³/mol. The van der Waals surface area contributed by atoms with Crippen LogP contribution in [0.5, 0.6) is 0 Å². The zero-order valence-corrected chi connectivity index (χ0v) is 14.5. The predicted octanol–water partition coefficient (Wildman–Crippen LogP) is 3.16. The van der Waals surface area contributed by atoms with Gasteiger partial charge < -0.3 is 9.88 Å². The first-order chi connectivity index (χ1) is 11.6. The Labute approximate surface area is 142 Å². The number of aryl methyl sites for hydroxylation is 2. The number of ketones is 1. The molecule has 1 fully saturated rings. The first kappa shape index (κ1) is 16.7. The van der Waals surface area contributed by atoms with Crippen LogP contribution >= 0.6 is 0 Å². The fourth-order valence-electron chi connectivity index (χ4n) is 3.51. The molecule has 1 aromatic heterocycles. The van der Waals surface area contributed by atoms with Gasteiger partial charge in [-0.1, -0.05) is 19.1 Å². The van der Waals surface area contributed by atoms with Gasteiger partial charge in [0, 0.05) is 25.8 Å². The molecule has 1 atom stereocenters. The van der Waals surface area contributed by atoms with Crippen molar-refractivity contribution in [3.05, 3.63) is 29.6 Å². The minimum absolute atomic E-state index is 0.0682. The molecule has 1 saturated heterocycles. The van der Waals surface area contributed by atoms with Crippen LogP contribution in [-0.4, -0.2) is 39.1 Å². The molecule has 3 rings (SSSR count). The molecule has 0 spiro atoms. The molecular weight excluding hydrogens is 302 g/mol. The third-order valence-corrected chi connectivity index (χ3v) is 4.88. The van der Waals surface area contributed by atoms with Gasteiger partial charge in [0.1, 0.15) is 5.82 Å². The van der Waals surface area contributed by atoms with Gasteiger partial charge in [0.05, 0.1) is 17.1 Å². The largest absolute Gasteiger partial charge is 0.342 e. The number of amides is 1. The summed E-state index contributed by atoms with van der Waals surface area (Å²) in [5.74, 6) is 1.09. The molecule has 0 bridgehead atoms. The molecular formula is C19H25N3O2. The maximum Gasteiger partial charge on any atom is 0.223 e. The first-order valence-corrected chi connectivity index (χ1v) is 8.86. The van der Waals surface area contributed by atoms with Crippen molar-refractivity contribution in [1.82, 2.24) is 14.9 Å². The van der Waals surface area contributed by atoms with E-state index in [0.29, 0.717) is 25.8 Å². The normalized spacial score (nSPS) is 18.1. The van der Waals surface area contributed by atoms with Crippen molar-refractivity contribution in [2.45, 2.75) is 58.4 Å². The van der Waals surface area contributed by atoms with Crippen LogP contribution in [0.3, 0.4) is 0 Å². The molecule has 1 aromatic carbocycles. The summed E-state index contributed by atoms with van der Waals surface area (Å²) in [6, 6.07) is 5.82. The molecule has 5 heteroatoms. The molecule has 1 amide bonds. The summed E-state index contributed by atoms with van der Waals surface area (Å²) in [6.07, 6.45) is 4.30. The van der Waals surface area contributed by atoms with E-state index in [-0.39, 0.29) is 17.7 Å². The third kappa shape index (κ3) is 3.35. The Morgan fingerprint density at radius 3 is 2.92 bits per heavy atom. The Balaban J connectivity index is 1.67. The molecule has 128 valence electrons. The highest BCUT2D eigenvalue weighted by Gasteiger charge is 2.30. The van der Waals surface area contributed by atoms with E-state index < -0.39 is 0 Å². The smallest absolute Gasteiger partial charge is 0.223 e. The van der Waals surface area contributed by atoms with Crippen LogP contribution in [0.2, 0.25) is 0 Å². The molecule has 2 aromatic rings. The summed E-state index contributed by atoms with van der Waals surface area (Å²) in [4.78, 5) is 34.4. The quantitative estimate of drug-likeness (QED) is 0.917. The zero-order valence-electron chi connectivity index (χ0n) is 14.5. The molecule has 0 aliphatic carbocycles. The van der Waals surface area contributed by atoms with Crippen LogP contribution in [0, 0.1) is 6.92 Å². The number of aromatic amines is 1. The fourth-order valence-corrected chi connectivity index (χ4v) is 3.51. The van der Waals surface area contributed by atoms with Gasteiger partial charge >= 0.3 is 0 Å². The maximum atomic E-state index is 12.6. The topological polar surface area (TPSA) is 66.1 Å². The molecule has 1 unspecified atom stereocenters. The number of hydrogen-bond acceptors (Lipinski definition) is 3. The second-order valence-corrected chi connectivity index (χ2v) is 6.57. The second-order valence-electron chi connectivity index (χ2n) is 6.57. The third-order valence-electron chi connectivity index (χ3n) is 4.88. The molecule has 1 aliphatic heterocycles. The average Bonchev–Trinajstić information content (AvgIpc) is 3.03. The van der Waals surface area contributed by atoms with E-state index in [1.807, 2.05) is 32.0 Å². The van der Waals surface area contributed by atoms with E-state index in [9.17, 15) is 9.59 Å². The highest BCUT2D eigenvalue weighted by Crippen LogP contribution is 2.21. The van der Waals surface area contributed by atoms with E-state index in [2.05, 4.69) is 9.97 Å². The summed E-state index contributed by atoms with van der Waals surface area (Å²) < 4.78 is 0. The Bertz CT molecular complexity index is 750. The molecule has 0 saturated carbocycles. The SMILES string of the molecule is CCC(=O)C1CCCCN1C(=O)CCc1nc2c(C)cccc2[nH]1. The number of benzene rings is 1. The number of likely N-dealkylation sites (tertiary alicyclic amines) is 1. The van der Waals surface area contributed by atoms with Crippen LogP contribution in [0.25, 0.3) is 11.0 Å². The highest BCUT2D eigenvalue weighted by atomic mass is 16.2. The van der Waals surface area contributed by atoms with Gasteiger partial charge in [-0.2, -0.15) is 0 Å². The van der Waals surface area contributed by atoms with E-state index >= 15 is 0 Å². The van der Waals surface area contributed by atoms with Crippen LogP contribution in [0.1, 0.15) is 50.4 Å². The van der Waals surface area contributed by atoms with Gasteiger partial charge in [0.15, 0.2) is 5.78 Å². The van der Waals surface area contributed by atoms with Crippen molar-refractivity contribution < 1.29 is 9.59 Å². The standard InChI is InChI=1S/C19H25N3O2/c1-3-16(23)15-9-4-5-12-22(15)18(24)11-10-17-20-14-8-6-7-13(2)19(14)21-17/h6-8,15H,3-5,9-12H2,1-2H3,(H,20,21). The lowest BCUT2D eigenvalue weighted by Crippen LogP contribution is -2.47. The monoisotopic (exact) mass is 327 g/mol. The molecule has 24 heavy (non-hydrogen) atoms. The molecule has 5 nitrogen and oxygen atoms in total. The lowest BCUT2D eigenvalue weighted by molar-refractivity contribution is -0.141. The number of carbonyl (C=O) groups is 2. The van der Waals surface area contributed by atoms with Crippen LogP contribution in [-0.2, 0) is 16.0 Å². The molecule has 0 radical (unpaired) electrons. The number of rotatable bonds is 5. The summed E-state index contributed by atoms with van der Waals surface area (Å²) in [5.41, 5.74) is 3.11. The van der Waals surface area contributed by atoms with Crippen LogP contribution in [0.15, 0.2) is 18.2 Å². The van der Waals surface area contributed by atoms with Crippen molar-refractivity contribution in [3.63, 3.8) is 0 Å². The van der Waals surface area contributed by atoms with Gasteiger partial charge in [0.2, 0.25) is 5.91 Å². The van der Waals surface area contributed by atoms with Gasteiger partial charge in [-0.15, -0.1) is 0 Å². The molecule has 1 N–H and O–H groups in total. The lowest BCUT2D eigenvalue weighted by Gasteiger charge is -2.34. The van der Waals surface area contributed by atoms with E-state index in [0.717, 1.165) is 41.7 Å². The summed E-state index contributed by atoms with van der Waals surface area (Å²) in [6.45, 7) is 4.61. The Hall–Kier alpha value is -2.17. The van der Waals surface area contributed by atoms with E-state index in [1.165, 1.54) is 0 Å². The Morgan fingerprint density at radius 2 is 2.17 bits per heavy atom. The van der Waals surface area contributed by atoms with Crippen LogP contribution in [0.4, 0.5) is 0 Å². The van der Waals surface area contributed by atoms with Crippen molar-refractivity contribution >= 4 is 22.7 Å². The number of nitrogens with zero attached hydrogens (tertiary/aromatic N) is 2. The lowest BCUT2D eigenvalue weighted by atomic mass is 9.96. The number of aromatic nitrogens is 2. The molecule has 1 aliphatic rings. The van der Waals surface area contributed by atoms with Crippen molar-refractivity contribution in [2.24, 2.45) is 0 Å². The number of Topliss-reactive ketones (excluding diaryl/α,β-unsaturated/α-hetero) is 1. The Kier molecular flexibility index (Phi) is 4.97.